The van der Waals surface area contributed by atoms with Crippen LogP contribution >= 0.6 is 11.6 Å². The van der Waals surface area contributed by atoms with Crippen molar-refractivity contribution in [2.75, 3.05) is 25.1 Å². The summed E-state index contributed by atoms with van der Waals surface area (Å²) in [5, 5.41) is 0.339. The molecule has 1 N–H and O–H groups in total. The molecule has 0 amide bonds. The number of aromatic nitrogens is 4. The molecular formula is C32H39ClFN5O3. The normalized spacial score (nSPS) is 16.2. The van der Waals surface area contributed by atoms with Crippen LogP contribution in [0.5, 0.6) is 0 Å². The maximum absolute atomic E-state index is 13.4. The molecule has 0 saturated carbocycles. The number of rotatable bonds is 7. The molecule has 5 rings (SSSR count). The molecule has 8 nitrogen and oxygen atoms in total. The fourth-order valence-electron chi connectivity index (χ4n) is 5.45. The zero-order chi connectivity index (χ0) is 30.4. The van der Waals surface area contributed by atoms with Gasteiger partial charge in [-0.25, -0.2) is 19.2 Å². The van der Waals surface area contributed by atoms with Crippen molar-refractivity contribution >= 4 is 29.0 Å². The molecular weight excluding hydrogens is 557 g/mol. The highest BCUT2D eigenvalue weighted by atomic mass is 35.5. The van der Waals surface area contributed by atoms with Crippen LogP contribution in [0.1, 0.15) is 75.9 Å². The van der Waals surface area contributed by atoms with Crippen LogP contribution in [0, 0.1) is 18.2 Å². The topological polar surface area (TPSA) is 84.7 Å². The number of nitrogens with one attached hydrogen (secondary N) is 1. The van der Waals surface area contributed by atoms with Gasteiger partial charge in [0.25, 0.3) is 0 Å². The van der Waals surface area contributed by atoms with E-state index >= 15 is 0 Å². The van der Waals surface area contributed by atoms with E-state index in [1.165, 1.54) is 19.2 Å². The van der Waals surface area contributed by atoms with E-state index in [1.807, 2.05) is 44.4 Å². The lowest BCUT2D eigenvalue weighted by molar-refractivity contribution is -0.164. The second kappa shape index (κ2) is 11.3. The van der Waals surface area contributed by atoms with Crippen molar-refractivity contribution in [2.45, 2.75) is 72.5 Å². The van der Waals surface area contributed by atoms with E-state index in [-0.39, 0.29) is 11.2 Å². The van der Waals surface area contributed by atoms with E-state index in [9.17, 15) is 9.18 Å². The zero-order valence-corrected chi connectivity index (χ0v) is 26.1. The van der Waals surface area contributed by atoms with Crippen LogP contribution < -0.4 is 4.90 Å². The van der Waals surface area contributed by atoms with Gasteiger partial charge in [-0.2, -0.15) is 0 Å². The number of halogens is 2. The fourth-order valence-corrected chi connectivity index (χ4v) is 5.65. The van der Waals surface area contributed by atoms with Crippen molar-refractivity contribution in [3.05, 3.63) is 69.9 Å². The molecule has 1 fully saturated rings. The van der Waals surface area contributed by atoms with Crippen molar-refractivity contribution in [3.63, 3.8) is 0 Å². The number of nitrogens with zero attached hydrogens (tertiary/aromatic N) is 4. The van der Waals surface area contributed by atoms with Crippen molar-refractivity contribution in [1.29, 1.82) is 0 Å². The summed E-state index contributed by atoms with van der Waals surface area (Å²) >= 11 is 6.53. The SMILES string of the molecule is COC(=O)C(OC(C)(C)C)c1c(C)cc2nc(-c3nc(Cl)c(Cc4ccc(F)cc4)[nH]3)cn2c1N1CCC(C)(C)CC1. The summed E-state index contributed by atoms with van der Waals surface area (Å²) < 4.78 is 27.0. The number of fused-ring (bicyclic) bond motifs is 1. The summed E-state index contributed by atoms with van der Waals surface area (Å²) in [7, 11) is 1.39. The Morgan fingerprint density at radius 2 is 1.83 bits per heavy atom. The lowest BCUT2D eigenvalue weighted by atomic mass is 9.82. The minimum absolute atomic E-state index is 0.231. The number of methoxy groups -OCH3 is 1. The smallest absolute Gasteiger partial charge is 0.339 e. The molecule has 1 unspecified atom stereocenters. The van der Waals surface area contributed by atoms with Crippen LogP contribution in [0.15, 0.2) is 36.5 Å². The van der Waals surface area contributed by atoms with Gasteiger partial charge in [0.15, 0.2) is 17.1 Å². The molecule has 42 heavy (non-hydrogen) atoms. The number of pyridine rings is 1. The van der Waals surface area contributed by atoms with E-state index in [4.69, 9.17) is 26.1 Å². The number of carbonyl (C=O) groups is 1. The number of benzene rings is 1. The Bertz CT molecular complexity index is 1590. The maximum Gasteiger partial charge on any atom is 0.339 e. The number of imidazole rings is 2. The number of H-pyrrole nitrogens is 1. The molecule has 3 aromatic heterocycles. The first-order valence-electron chi connectivity index (χ1n) is 14.3. The third-order valence-electron chi connectivity index (χ3n) is 7.80. The molecule has 0 radical (unpaired) electrons. The minimum Gasteiger partial charge on any atom is -0.467 e. The number of hydrogen-bond acceptors (Lipinski definition) is 6. The van der Waals surface area contributed by atoms with Crippen LogP contribution in [0.4, 0.5) is 10.2 Å². The lowest BCUT2D eigenvalue weighted by Crippen LogP contribution is -2.40. The Morgan fingerprint density at radius 3 is 2.45 bits per heavy atom. The summed E-state index contributed by atoms with van der Waals surface area (Å²) in [4.78, 5) is 28.3. The third kappa shape index (κ3) is 6.32. The highest BCUT2D eigenvalue weighted by molar-refractivity contribution is 6.30. The van der Waals surface area contributed by atoms with Gasteiger partial charge in [0.05, 0.1) is 18.4 Å². The number of hydrogen-bond donors (Lipinski definition) is 1. The van der Waals surface area contributed by atoms with Crippen LogP contribution in [0.3, 0.4) is 0 Å². The first-order valence-corrected chi connectivity index (χ1v) is 14.6. The van der Waals surface area contributed by atoms with E-state index in [0.29, 0.717) is 23.1 Å². The van der Waals surface area contributed by atoms with Crippen molar-refractivity contribution in [1.82, 2.24) is 19.4 Å². The predicted octanol–water partition coefficient (Wildman–Crippen LogP) is 7.07. The second-order valence-electron chi connectivity index (χ2n) is 12.9. The molecule has 1 aliphatic rings. The summed E-state index contributed by atoms with van der Waals surface area (Å²) in [5.74, 6) is 0.656. The molecule has 1 saturated heterocycles. The van der Waals surface area contributed by atoms with Gasteiger partial charge in [0.1, 0.15) is 23.0 Å². The number of ether oxygens (including phenoxy) is 2. The summed E-state index contributed by atoms with van der Waals surface area (Å²) in [6, 6.07) is 8.27. The Labute approximate surface area is 251 Å². The van der Waals surface area contributed by atoms with Gasteiger partial charge < -0.3 is 19.4 Å². The molecule has 4 heterocycles. The molecule has 0 aliphatic carbocycles. The number of aryl methyl sites for hydroxylation is 1. The van der Waals surface area contributed by atoms with Crippen molar-refractivity contribution < 1.29 is 18.7 Å². The van der Waals surface area contributed by atoms with Gasteiger partial charge in [-0.05, 0) is 75.3 Å². The Morgan fingerprint density at radius 1 is 1.17 bits per heavy atom. The molecule has 0 spiro atoms. The fraction of sp³-hybridized carbons (Fsp3) is 0.469. The van der Waals surface area contributed by atoms with E-state index in [0.717, 1.165) is 59.8 Å². The minimum atomic E-state index is -0.921. The summed E-state index contributed by atoms with van der Waals surface area (Å²) in [6.45, 7) is 14.0. The number of esters is 1. The third-order valence-corrected chi connectivity index (χ3v) is 8.12. The monoisotopic (exact) mass is 595 g/mol. The van der Waals surface area contributed by atoms with Crippen LogP contribution in [0.2, 0.25) is 5.15 Å². The molecule has 0 bridgehead atoms. The quantitative estimate of drug-likeness (QED) is 0.230. The molecule has 224 valence electrons. The average Bonchev–Trinajstić information content (AvgIpc) is 3.50. The number of aromatic amines is 1. The van der Waals surface area contributed by atoms with Crippen molar-refractivity contribution in [3.8, 4) is 11.5 Å². The number of carbonyl (C=O) groups excluding carboxylic acids is 1. The van der Waals surface area contributed by atoms with Gasteiger partial charge in [0, 0.05) is 31.3 Å². The zero-order valence-electron chi connectivity index (χ0n) is 25.3. The summed E-state index contributed by atoms with van der Waals surface area (Å²) in [6.07, 6.45) is 3.49. The largest absolute Gasteiger partial charge is 0.467 e. The highest BCUT2D eigenvalue weighted by Crippen LogP contribution is 2.40. The van der Waals surface area contributed by atoms with Gasteiger partial charge in [-0.1, -0.05) is 37.6 Å². The number of anilines is 1. The van der Waals surface area contributed by atoms with Gasteiger partial charge >= 0.3 is 5.97 Å². The summed E-state index contributed by atoms with van der Waals surface area (Å²) in [5.41, 5.74) is 4.25. The average molecular weight is 596 g/mol. The maximum atomic E-state index is 13.4. The lowest BCUT2D eigenvalue weighted by Gasteiger charge is -2.40. The van der Waals surface area contributed by atoms with E-state index in [1.54, 1.807) is 12.1 Å². The van der Waals surface area contributed by atoms with Crippen LogP contribution in [0.25, 0.3) is 17.2 Å². The standard InChI is InChI=1S/C32H39ClFN5O3/c1-19-16-24-35-23(28-36-22(27(33)37-28)17-20-8-10-21(34)11-9-20)18-39(24)29(38-14-12-32(5,6)13-15-38)25(19)26(30(40)41-7)42-31(2,3)4/h8-11,16,18,26H,12-15,17H2,1-7H3,(H,36,37). The first kappa shape index (κ1) is 30.0. The van der Waals surface area contributed by atoms with Gasteiger partial charge in [-0.15, -0.1) is 0 Å². The second-order valence-corrected chi connectivity index (χ2v) is 13.2. The van der Waals surface area contributed by atoms with Crippen molar-refractivity contribution in [2.24, 2.45) is 5.41 Å². The molecule has 10 heteroatoms. The first-order chi connectivity index (χ1) is 19.7. The number of piperidine rings is 1. The molecule has 1 atom stereocenters. The Hall–Kier alpha value is -3.43. The Kier molecular flexibility index (Phi) is 8.11. The van der Waals surface area contributed by atoms with Gasteiger partial charge in [-0.3, -0.25) is 4.40 Å². The van der Waals surface area contributed by atoms with Crippen LogP contribution in [-0.4, -0.2) is 51.1 Å². The molecule has 1 aromatic carbocycles. The molecule has 4 aromatic rings. The van der Waals surface area contributed by atoms with Gasteiger partial charge in [0.2, 0.25) is 0 Å². The Balaban J connectivity index is 1.63. The predicted molar refractivity (Wildman–Crippen MR) is 163 cm³/mol. The van der Waals surface area contributed by atoms with E-state index < -0.39 is 17.7 Å². The highest BCUT2D eigenvalue weighted by Gasteiger charge is 2.36. The molecule has 1 aliphatic heterocycles. The van der Waals surface area contributed by atoms with Crippen LogP contribution in [-0.2, 0) is 20.7 Å². The van der Waals surface area contributed by atoms with E-state index in [2.05, 4.69) is 28.7 Å².